The Morgan fingerprint density at radius 2 is 1.90 bits per heavy atom. The maximum Gasteiger partial charge on any atom is 0.209 e. The Kier molecular flexibility index (Phi) is 7.05. The van der Waals surface area contributed by atoms with Gasteiger partial charge in [0.15, 0.2) is 0 Å². The largest absolute Gasteiger partial charge is 0.313 e. The average Bonchev–Trinajstić information content (AvgIpc) is 2.92. The van der Waals surface area contributed by atoms with Gasteiger partial charge in [0.2, 0.25) is 5.16 Å². The third-order valence-corrected chi connectivity index (χ3v) is 4.93. The van der Waals surface area contributed by atoms with Crippen LogP contribution in [0.4, 0.5) is 0 Å². The first-order valence-corrected chi connectivity index (χ1v) is 9.03. The quantitative estimate of drug-likeness (QED) is 0.565. The van der Waals surface area contributed by atoms with Crippen molar-refractivity contribution in [3.05, 3.63) is 30.3 Å². The summed E-state index contributed by atoms with van der Waals surface area (Å²) in [5.74, 6) is 2.04. The first-order chi connectivity index (χ1) is 10.3. The molecule has 5 nitrogen and oxygen atoms in total. The molecule has 114 valence electrons. The second-order valence-electron chi connectivity index (χ2n) is 4.80. The number of nitrogens with zero attached hydrogens (tertiary/aromatic N) is 4. The van der Waals surface area contributed by atoms with Crippen molar-refractivity contribution in [2.45, 2.75) is 36.5 Å². The summed E-state index contributed by atoms with van der Waals surface area (Å²) in [5, 5.41) is 16.2. The minimum Gasteiger partial charge on any atom is -0.313 e. The molecule has 1 N–H and O–H groups in total. The molecule has 0 spiro atoms. The van der Waals surface area contributed by atoms with E-state index in [-0.39, 0.29) is 0 Å². The van der Waals surface area contributed by atoms with E-state index >= 15 is 0 Å². The molecule has 0 fully saturated rings. The third-order valence-electron chi connectivity index (χ3n) is 2.70. The van der Waals surface area contributed by atoms with Crippen LogP contribution in [0.3, 0.4) is 0 Å². The number of benzene rings is 1. The fraction of sp³-hybridized carbons (Fsp3) is 0.500. The van der Waals surface area contributed by atoms with Crippen molar-refractivity contribution >= 4 is 23.5 Å². The number of rotatable bonds is 9. The lowest BCUT2D eigenvalue weighted by atomic mass is 10.4. The van der Waals surface area contributed by atoms with Crippen LogP contribution in [0, 0.1) is 0 Å². The van der Waals surface area contributed by atoms with Crippen LogP contribution in [0.1, 0.15) is 13.8 Å². The zero-order valence-corrected chi connectivity index (χ0v) is 14.0. The second kappa shape index (κ2) is 9.07. The van der Waals surface area contributed by atoms with Crippen LogP contribution in [-0.2, 0) is 6.54 Å². The number of thioether (sulfide) groups is 2. The van der Waals surface area contributed by atoms with Gasteiger partial charge in [-0.3, -0.25) is 0 Å². The SMILES string of the molecule is CC(C)NCCn1nnnc1SCCSc1ccccc1. The van der Waals surface area contributed by atoms with E-state index in [4.69, 9.17) is 0 Å². The molecule has 0 aliphatic heterocycles. The third kappa shape index (κ3) is 6.07. The van der Waals surface area contributed by atoms with Gasteiger partial charge in [-0.2, -0.15) is 0 Å². The van der Waals surface area contributed by atoms with Gasteiger partial charge in [0, 0.05) is 29.0 Å². The summed E-state index contributed by atoms with van der Waals surface area (Å²) >= 11 is 3.57. The maximum atomic E-state index is 4.09. The van der Waals surface area contributed by atoms with E-state index in [0.717, 1.165) is 29.8 Å². The molecule has 0 bridgehead atoms. The Bertz CT molecular complexity index is 515. The predicted molar refractivity (Wildman–Crippen MR) is 88.8 cm³/mol. The summed E-state index contributed by atoms with van der Waals surface area (Å²) in [4.78, 5) is 1.30. The number of aromatic nitrogens is 4. The molecule has 0 radical (unpaired) electrons. The van der Waals surface area contributed by atoms with E-state index in [1.54, 1.807) is 11.8 Å². The molecule has 0 aliphatic carbocycles. The van der Waals surface area contributed by atoms with Crippen LogP contribution in [0.15, 0.2) is 40.4 Å². The van der Waals surface area contributed by atoms with Crippen molar-refractivity contribution in [2.75, 3.05) is 18.1 Å². The second-order valence-corrected chi connectivity index (χ2v) is 7.03. The highest BCUT2D eigenvalue weighted by Crippen LogP contribution is 2.21. The van der Waals surface area contributed by atoms with Crippen LogP contribution >= 0.6 is 23.5 Å². The first-order valence-electron chi connectivity index (χ1n) is 7.06. The van der Waals surface area contributed by atoms with Crippen molar-refractivity contribution in [3.8, 4) is 0 Å². The predicted octanol–water partition coefficient (Wildman–Crippen LogP) is 2.56. The molecule has 1 aromatic heterocycles. The molecular formula is C14H21N5S2. The Morgan fingerprint density at radius 3 is 2.67 bits per heavy atom. The molecule has 0 saturated heterocycles. The number of tetrazole rings is 1. The van der Waals surface area contributed by atoms with Crippen molar-refractivity contribution in [1.29, 1.82) is 0 Å². The van der Waals surface area contributed by atoms with E-state index in [0.29, 0.717) is 6.04 Å². The van der Waals surface area contributed by atoms with Crippen molar-refractivity contribution in [3.63, 3.8) is 0 Å². The molecule has 1 aromatic carbocycles. The minimum absolute atomic E-state index is 0.486. The first kappa shape index (κ1) is 16.3. The van der Waals surface area contributed by atoms with Crippen molar-refractivity contribution in [1.82, 2.24) is 25.5 Å². The highest BCUT2D eigenvalue weighted by molar-refractivity contribution is 8.02. The van der Waals surface area contributed by atoms with Gasteiger partial charge in [-0.05, 0) is 22.6 Å². The molecule has 0 atom stereocenters. The van der Waals surface area contributed by atoms with Crippen molar-refractivity contribution in [2.24, 2.45) is 0 Å². The number of hydrogen-bond acceptors (Lipinski definition) is 6. The Labute approximate surface area is 134 Å². The average molecular weight is 323 g/mol. The summed E-state index contributed by atoms with van der Waals surface area (Å²) in [6.45, 7) is 5.96. The summed E-state index contributed by atoms with van der Waals surface area (Å²) in [7, 11) is 0. The van der Waals surface area contributed by atoms with Crippen LogP contribution in [-0.4, -0.2) is 44.3 Å². The van der Waals surface area contributed by atoms with Crippen molar-refractivity contribution < 1.29 is 0 Å². The normalized spacial score (nSPS) is 11.2. The van der Waals surface area contributed by atoms with E-state index in [1.807, 2.05) is 22.5 Å². The maximum absolute atomic E-state index is 4.09. The zero-order valence-electron chi connectivity index (χ0n) is 12.4. The highest BCUT2D eigenvalue weighted by Gasteiger charge is 2.06. The number of hydrogen-bond donors (Lipinski definition) is 1. The molecule has 2 aromatic rings. The molecular weight excluding hydrogens is 302 g/mol. The van der Waals surface area contributed by atoms with Gasteiger partial charge in [-0.1, -0.05) is 43.8 Å². The van der Waals surface area contributed by atoms with Gasteiger partial charge in [0.05, 0.1) is 6.54 Å². The zero-order chi connectivity index (χ0) is 14.9. The summed E-state index contributed by atoms with van der Waals surface area (Å²) in [6, 6.07) is 10.9. The molecule has 0 saturated carbocycles. The smallest absolute Gasteiger partial charge is 0.209 e. The lowest BCUT2D eigenvalue weighted by Crippen LogP contribution is -2.27. The fourth-order valence-electron chi connectivity index (χ4n) is 1.71. The lowest BCUT2D eigenvalue weighted by molar-refractivity contribution is 0.485. The minimum atomic E-state index is 0.486. The Balaban J connectivity index is 1.70. The summed E-state index contributed by atoms with van der Waals surface area (Å²) in [5.41, 5.74) is 0. The van der Waals surface area contributed by atoms with E-state index in [9.17, 15) is 0 Å². The molecule has 1 heterocycles. The molecule has 2 rings (SSSR count). The topological polar surface area (TPSA) is 55.6 Å². The van der Waals surface area contributed by atoms with Gasteiger partial charge >= 0.3 is 0 Å². The molecule has 21 heavy (non-hydrogen) atoms. The van der Waals surface area contributed by atoms with Crippen LogP contribution < -0.4 is 5.32 Å². The highest BCUT2D eigenvalue weighted by atomic mass is 32.2. The van der Waals surface area contributed by atoms with Crippen LogP contribution in [0.5, 0.6) is 0 Å². The van der Waals surface area contributed by atoms with E-state index in [1.165, 1.54) is 4.90 Å². The Morgan fingerprint density at radius 1 is 1.14 bits per heavy atom. The molecule has 0 unspecified atom stereocenters. The summed E-state index contributed by atoms with van der Waals surface area (Å²) < 4.78 is 1.87. The monoisotopic (exact) mass is 323 g/mol. The molecule has 0 aliphatic rings. The lowest BCUT2D eigenvalue weighted by Gasteiger charge is -2.08. The molecule has 7 heteroatoms. The molecule has 0 amide bonds. The van der Waals surface area contributed by atoms with E-state index in [2.05, 4.69) is 59.0 Å². The van der Waals surface area contributed by atoms with Gasteiger partial charge < -0.3 is 5.32 Å². The van der Waals surface area contributed by atoms with Crippen LogP contribution in [0.25, 0.3) is 0 Å². The van der Waals surface area contributed by atoms with Gasteiger partial charge in [0.1, 0.15) is 0 Å². The standard InChI is InChI=1S/C14H21N5S2/c1-12(2)15-8-9-19-14(16-17-18-19)21-11-10-20-13-6-4-3-5-7-13/h3-7,12,15H,8-11H2,1-2H3. The van der Waals surface area contributed by atoms with Gasteiger partial charge in [-0.15, -0.1) is 16.9 Å². The fourth-order valence-corrected chi connectivity index (χ4v) is 3.51. The Hall–Kier alpha value is -1.05. The van der Waals surface area contributed by atoms with Gasteiger partial charge in [-0.25, -0.2) is 4.68 Å². The number of nitrogens with one attached hydrogen (secondary N) is 1. The summed E-state index contributed by atoms with van der Waals surface area (Å²) in [6.07, 6.45) is 0. The van der Waals surface area contributed by atoms with E-state index < -0.39 is 0 Å². The van der Waals surface area contributed by atoms with Gasteiger partial charge in [0.25, 0.3) is 0 Å². The van der Waals surface area contributed by atoms with Crippen LogP contribution in [0.2, 0.25) is 0 Å².